The van der Waals surface area contributed by atoms with Gasteiger partial charge in [0.15, 0.2) is 0 Å². The summed E-state index contributed by atoms with van der Waals surface area (Å²) in [5, 5.41) is 0. The molecule has 136 valence electrons. The van der Waals surface area contributed by atoms with Gasteiger partial charge in [0.25, 0.3) is 0 Å². The third-order valence-corrected chi connectivity index (χ3v) is 5.74. The van der Waals surface area contributed by atoms with Crippen LogP contribution in [0.25, 0.3) is 0 Å². The highest BCUT2D eigenvalue weighted by Gasteiger charge is 2.33. The molecule has 0 aliphatic rings. The fourth-order valence-electron chi connectivity index (χ4n) is 1.53. The van der Waals surface area contributed by atoms with Crippen LogP contribution in [-0.2, 0) is 26.0 Å². The van der Waals surface area contributed by atoms with Gasteiger partial charge in [-0.3, -0.25) is 9.36 Å². The topological polar surface area (TPSA) is 61.8 Å². The molecule has 0 heterocycles. The number of halogens is 6. The van der Waals surface area contributed by atoms with E-state index in [-0.39, 0.29) is 16.9 Å². The average molecular weight is 479 g/mol. The Morgan fingerprint density at radius 1 is 1.04 bits per heavy atom. The van der Waals surface area contributed by atoms with Crippen molar-refractivity contribution in [3.8, 4) is 5.75 Å². The minimum atomic E-state index is -3.60. The number of hydrogen-bond acceptors (Lipinski definition) is 5. The van der Waals surface area contributed by atoms with Gasteiger partial charge in [0.1, 0.15) is 11.9 Å². The Morgan fingerprint density at radius 3 is 2.00 bits per heavy atom. The first-order valence-electron chi connectivity index (χ1n) is 6.02. The minimum Gasteiger partial charge on any atom is -0.426 e. The second-order valence-electron chi connectivity index (χ2n) is 4.31. The Bertz CT molecular complexity index is 646. The maximum Gasteiger partial charge on any atom is 0.341 e. The molecule has 0 aliphatic heterocycles. The molecule has 0 radical (unpaired) electrons. The molecule has 0 fully saturated rings. The zero-order valence-electron chi connectivity index (χ0n) is 12.2. The number of esters is 1. The SMILES string of the molecule is COP(=O)(CC(=O)Oc1ccc(C(Cl)(Cl)Cl)cc1C(Cl)(Cl)Cl)OC. The van der Waals surface area contributed by atoms with Gasteiger partial charge >= 0.3 is 13.6 Å². The average Bonchev–Trinajstić information content (AvgIpc) is 2.45. The molecular formula is C12H11Cl6O5P. The van der Waals surface area contributed by atoms with E-state index in [1.165, 1.54) is 18.2 Å². The number of ether oxygens (including phenoxy) is 1. The van der Waals surface area contributed by atoms with Gasteiger partial charge in [-0.25, -0.2) is 0 Å². The lowest BCUT2D eigenvalue weighted by Crippen LogP contribution is -2.17. The smallest absolute Gasteiger partial charge is 0.341 e. The van der Waals surface area contributed by atoms with Crippen molar-refractivity contribution in [1.82, 2.24) is 0 Å². The monoisotopic (exact) mass is 476 g/mol. The van der Waals surface area contributed by atoms with E-state index in [1.807, 2.05) is 0 Å². The lowest BCUT2D eigenvalue weighted by molar-refractivity contribution is -0.131. The van der Waals surface area contributed by atoms with Crippen molar-refractivity contribution >= 4 is 83.2 Å². The fourth-order valence-corrected chi connectivity index (χ4v) is 3.12. The predicted molar refractivity (Wildman–Crippen MR) is 97.0 cm³/mol. The molecule has 1 aromatic rings. The van der Waals surface area contributed by atoms with Crippen molar-refractivity contribution in [3.63, 3.8) is 0 Å². The maximum atomic E-state index is 11.9. The second kappa shape index (κ2) is 8.51. The molecule has 0 bridgehead atoms. The number of alkyl halides is 6. The Balaban J connectivity index is 3.16. The summed E-state index contributed by atoms with van der Waals surface area (Å²) in [4.78, 5) is 11.9. The van der Waals surface area contributed by atoms with Crippen molar-refractivity contribution < 1.29 is 23.1 Å². The summed E-state index contributed by atoms with van der Waals surface area (Å²) in [7, 11) is -1.33. The van der Waals surface area contributed by atoms with Crippen LogP contribution < -0.4 is 4.74 Å². The summed E-state index contributed by atoms with van der Waals surface area (Å²) in [6.07, 6.45) is -0.633. The van der Waals surface area contributed by atoms with E-state index in [0.29, 0.717) is 0 Å². The Morgan fingerprint density at radius 2 is 1.58 bits per heavy atom. The zero-order valence-corrected chi connectivity index (χ0v) is 17.6. The molecule has 1 aromatic carbocycles. The summed E-state index contributed by atoms with van der Waals surface area (Å²) in [6.45, 7) is 0. The van der Waals surface area contributed by atoms with E-state index >= 15 is 0 Å². The van der Waals surface area contributed by atoms with E-state index < -0.39 is 27.3 Å². The van der Waals surface area contributed by atoms with E-state index in [9.17, 15) is 9.36 Å². The Labute approximate surface area is 168 Å². The maximum absolute atomic E-state index is 11.9. The first kappa shape index (κ1) is 22.6. The van der Waals surface area contributed by atoms with E-state index in [0.717, 1.165) is 14.2 Å². The first-order valence-corrected chi connectivity index (χ1v) is 10.0. The van der Waals surface area contributed by atoms with Crippen LogP contribution in [0.15, 0.2) is 18.2 Å². The van der Waals surface area contributed by atoms with Gasteiger partial charge in [0.05, 0.1) is 0 Å². The highest BCUT2D eigenvalue weighted by atomic mass is 35.6. The summed E-state index contributed by atoms with van der Waals surface area (Å²) in [6, 6.07) is 3.94. The molecule has 0 N–H and O–H groups in total. The fraction of sp³-hybridized carbons (Fsp3) is 0.417. The number of carbonyl (C=O) groups excluding carboxylic acids is 1. The molecule has 24 heavy (non-hydrogen) atoms. The summed E-state index contributed by atoms with van der Waals surface area (Å²) >= 11 is 35.0. The third-order valence-electron chi connectivity index (χ3n) is 2.72. The van der Waals surface area contributed by atoms with E-state index in [2.05, 4.69) is 9.05 Å². The number of rotatable bonds is 5. The number of benzene rings is 1. The largest absolute Gasteiger partial charge is 0.426 e. The van der Waals surface area contributed by atoms with Crippen molar-refractivity contribution in [2.75, 3.05) is 20.4 Å². The zero-order chi connectivity index (χ0) is 18.8. The molecule has 12 heteroatoms. The van der Waals surface area contributed by atoms with Crippen LogP contribution >= 0.6 is 77.2 Å². The first-order chi connectivity index (χ1) is 10.8. The third kappa shape index (κ3) is 6.39. The van der Waals surface area contributed by atoms with Gasteiger partial charge in [-0.2, -0.15) is 0 Å². The van der Waals surface area contributed by atoms with Crippen LogP contribution in [0.3, 0.4) is 0 Å². The summed E-state index contributed by atoms with van der Waals surface area (Å²) in [5.41, 5.74) is 0.169. The quantitative estimate of drug-likeness (QED) is 0.234. The molecule has 0 saturated carbocycles. The van der Waals surface area contributed by atoms with Gasteiger partial charge in [0.2, 0.25) is 7.59 Å². The Hall–Kier alpha value is 0.580. The highest BCUT2D eigenvalue weighted by Crippen LogP contribution is 2.48. The van der Waals surface area contributed by atoms with Crippen molar-refractivity contribution in [2.45, 2.75) is 7.59 Å². The molecule has 0 aromatic heterocycles. The van der Waals surface area contributed by atoms with Crippen molar-refractivity contribution in [2.24, 2.45) is 0 Å². The normalized spacial score (nSPS) is 13.0. The Kier molecular flexibility index (Phi) is 8.02. The molecule has 5 nitrogen and oxygen atoms in total. The van der Waals surface area contributed by atoms with Gasteiger partial charge in [-0.05, 0) is 12.1 Å². The molecule has 0 aliphatic carbocycles. The van der Waals surface area contributed by atoms with Crippen LogP contribution in [0.5, 0.6) is 5.75 Å². The summed E-state index contributed by atoms with van der Waals surface area (Å²) < 4.78 is 22.6. The van der Waals surface area contributed by atoms with Crippen LogP contribution in [0.2, 0.25) is 0 Å². The van der Waals surface area contributed by atoms with Gasteiger partial charge < -0.3 is 13.8 Å². The molecule has 0 spiro atoms. The molecule has 0 atom stereocenters. The van der Waals surface area contributed by atoms with Crippen LogP contribution in [0.4, 0.5) is 0 Å². The van der Waals surface area contributed by atoms with Crippen LogP contribution in [0.1, 0.15) is 11.1 Å². The van der Waals surface area contributed by atoms with Crippen molar-refractivity contribution in [1.29, 1.82) is 0 Å². The highest BCUT2D eigenvalue weighted by molar-refractivity contribution is 7.54. The van der Waals surface area contributed by atoms with E-state index in [4.69, 9.17) is 74.3 Å². The summed E-state index contributed by atoms with van der Waals surface area (Å²) in [5.74, 6) is -1.02. The van der Waals surface area contributed by atoms with Crippen molar-refractivity contribution in [3.05, 3.63) is 29.3 Å². The lowest BCUT2D eigenvalue weighted by Gasteiger charge is -2.20. The van der Waals surface area contributed by atoms with Gasteiger partial charge in [0, 0.05) is 25.3 Å². The molecule has 0 saturated heterocycles. The molecular weight excluding hydrogens is 468 g/mol. The predicted octanol–water partition coefficient (Wildman–Crippen LogP) is 5.73. The lowest BCUT2D eigenvalue weighted by atomic mass is 10.1. The standard InChI is InChI=1S/C12H11Cl6O5P/c1-21-24(20,22-2)6-10(19)23-9-4-3-7(11(13,14)15)5-8(9)12(16,17)18/h3-5H,6H2,1-2H3. The van der Waals surface area contributed by atoms with Crippen LogP contribution in [0, 0.1) is 0 Å². The van der Waals surface area contributed by atoms with Crippen LogP contribution in [-0.4, -0.2) is 26.4 Å². The van der Waals surface area contributed by atoms with Gasteiger partial charge in [-0.1, -0.05) is 75.7 Å². The second-order valence-corrected chi connectivity index (χ2v) is 11.1. The van der Waals surface area contributed by atoms with Gasteiger partial charge in [-0.15, -0.1) is 0 Å². The number of carbonyl (C=O) groups is 1. The molecule has 1 rings (SSSR count). The molecule has 0 unspecified atom stereocenters. The number of hydrogen-bond donors (Lipinski definition) is 0. The molecule has 0 amide bonds. The van der Waals surface area contributed by atoms with E-state index in [1.54, 1.807) is 0 Å². The minimum absolute atomic E-state index is 0.0330.